The maximum absolute atomic E-state index is 13.8. The Bertz CT molecular complexity index is 1260. The lowest BCUT2D eigenvalue weighted by molar-refractivity contribution is 0.0755. The molecule has 0 bridgehead atoms. The maximum Gasteiger partial charge on any atom is 0.257 e. The van der Waals surface area contributed by atoms with Gasteiger partial charge in [0.05, 0.1) is 10.5 Å². The summed E-state index contributed by atoms with van der Waals surface area (Å²) < 4.78 is 27.9. The lowest BCUT2D eigenvalue weighted by atomic mass is 10.0. The van der Waals surface area contributed by atoms with E-state index in [4.69, 9.17) is 0 Å². The summed E-state index contributed by atoms with van der Waals surface area (Å²) in [6.07, 6.45) is 7.44. The Hall–Kier alpha value is -2.27. The first-order valence-electron chi connectivity index (χ1n) is 14.9. The quantitative estimate of drug-likeness (QED) is 0.369. The van der Waals surface area contributed by atoms with E-state index in [0.717, 1.165) is 81.4 Å². The van der Waals surface area contributed by atoms with E-state index in [2.05, 4.69) is 31.0 Å². The van der Waals surface area contributed by atoms with Crippen LogP contribution in [-0.2, 0) is 23.0 Å². The lowest BCUT2D eigenvalue weighted by Gasteiger charge is -2.27. The third-order valence-corrected chi connectivity index (χ3v) is 10.8. The molecule has 4 rings (SSSR count). The van der Waals surface area contributed by atoms with E-state index in [1.165, 1.54) is 23.5 Å². The summed E-state index contributed by atoms with van der Waals surface area (Å²) in [5.41, 5.74) is 2.06. The van der Waals surface area contributed by atoms with Crippen molar-refractivity contribution in [1.82, 2.24) is 14.1 Å². The van der Waals surface area contributed by atoms with Crippen LogP contribution in [0.1, 0.15) is 96.9 Å². The van der Waals surface area contributed by atoms with Crippen molar-refractivity contribution in [1.29, 1.82) is 0 Å². The van der Waals surface area contributed by atoms with E-state index in [1.807, 2.05) is 4.90 Å². The maximum atomic E-state index is 13.8. The fourth-order valence-corrected chi connectivity index (χ4v) is 8.47. The SMILES string of the molecule is CCCN1CCc2c(sc(NC(=O)c3ccc(S(=O)(=O)N4CCCCCC4)cc3)c2C(=O)N(CCC)CCC)C1. The summed E-state index contributed by atoms with van der Waals surface area (Å²) in [5, 5.41) is 3.63. The first-order chi connectivity index (χ1) is 19.3. The molecule has 1 aromatic carbocycles. The lowest BCUT2D eigenvalue weighted by Crippen LogP contribution is -2.35. The van der Waals surface area contributed by atoms with Gasteiger partial charge >= 0.3 is 0 Å². The van der Waals surface area contributed by atoms with Gasteiger partial charge in [0.15, 0.2) is 0 Å². The first-order valence-corrected chi connectivity index (χ1v) is 17.1. The Morgan fingerprint density at radius 1 is 0.925 bits per heavy atom. The van der Waals surface area contributed by atoms with Gasteiger partial charge < -0.3 is 10.2 Å². The normalized spacial score (nSPS) is 16.8. The number of thiophene rings is 1. The molecule has 0 saturated carbocycles. The van der Waals surface area contributed by atoms with Crippen LogP contribution >= 0.6 is 11.3 Å². The largest absolute Gasteiger partial charge is 0.339 e. The summed E-state index contributed by atoms with van der Waals surface area (Å²) >= 11 is 1.50. The van der Waals surface area contributed by atoms with Crippen LogP contribution in [0.4, 0.5) is 5.00 Å². The minimum atomic E-state index is -3.59. The second kappa shape index (κ2) is 14.1. The Morgan fingerprint density at radius 3 is 2.17 bits per heavy atom. The van der Waals surface area contributed by atoms with Gasteiger partial charge in [-0.2, -0.15) is 4.31 Å². The predicted molar refractivity (Wildman–Crippen MR) is 162 cm³/mol. The molecular formula is C30H44N4O4S2. The van der Waals surface area contributed by atoms with Gasteiger partial charge in [-0.05, 0) is 74.9 Å². The summed E-state index contributed by atoms with van der Waals surface area (Å²) in [6, 6.07) is 6.18. The number of nitrogens with one attached hydrogen (secondary N) is 1. The van der Waals surface area contributed by atoms with E-state index in [1.54, 1.807) is 16.4 Å². The highest BCUT2D eigenvalue weighted by Crippen LogP contribution is 2.38. The Balaban J connectivity index is 1.59. The molecule has 3 heterocycles. The topological polar surface area (TPSA) is 90.0 Å². The number of carbonyl (C=O) groups is 2. The van der Waals surface area contributed by atoms with Gasteiger partial charge in [0, 0.05) is 49.7 Å². The third kappa shape index (κ3) is 6.95. The van der Waals surface area contributed by atoms with Crippen LogP contribution in [-0.4, -0.2) is 73.6 Å². The molecule has 0 atom stereocenters. The zero-order valence-corrected chi connectivity index (χ0v) is 25.8. The fourth-order valence-electron chi connectivity index (χ4n) is 5.68. The standard InChI is InChI=1S/C30H44N4O4S2/c1-4-16-32-21-15-25-26(22-32)39-29(27(25)30(36)33(17-5-2)18-6-3)31-28(35)23-11-13-24(14-12-23)40(37,38)34-19-9-7-8-10-20-34/h11-14H,4-10,15-22H2,1-3H3,(H,31,35). The fraction of sp³-hybridized carbons (Fsp3) is 0.600. The molecule has 1 aromatic heterocycles. The Labute approximate surface area is 243 Å². The van der Waals surface area contributed by atoms with Crippen molar-refractivity contribution in [3.05, 3.63) is 45.8 Å². The molecule has 40 heavy (non-hydrogen) atoms. The average Bonchev–Trinajstić information content (AvgIpc) is 3.09. The molecule has 1 N–H and O–H groups in total. The molecule has 0 unspecified atom stereocenters. The van der Waals surface area contributed by atoms with E-state index in [0.29, 0.717) is 42.3 Å². The summed E-state index contributed by atoms with van der Waals surface area (Å²) in [7, 11) is -3.59. The van der Waals surface area contributed by atoms with Gasteiger partial charge in [0.25, 0.3) is 11.8 Å². The van der Waals surface area contributed by atoms with Crippen LogP contribution in [0.2, 0.25) is 0 Å². The number of carbonyl (C=O) groups excluding carboxylic acids is 2. The number of amides is 2. The van der Waals surface area contributed by atoms with E-state index >= 15 is 0 Å². The van der Waals surface area contributed by atoms with E-state index in [9.17, 15) is 18.0 Å². The van der Waals surface area contributed by atoms with E-state index in [-0.39, 0.29) is 16.7 Å². The van der Waals surface area contributed by atoms with Crippen molar-refractivity contribution in [2.75, 3.05) is 44.6 Å². The molecule has 10 heteroatoms. The first kappa shape index (κ1) is 30.7. The molecule has 0 spiro atoms. The van der Waals surface area contributed by atoms with Crippen molar-refractivity contribution in [2.24, 2.45) is 0 Å². The number of rotatable bonds is 11. The van der Waals surface area contributed by atoms with Crippen molar-refractivity contribution in [3.63, 3.8) is 0 Å². The van der Waals surface area contributed by atoms with E-state index < -0.39 is 10.0 Å². The van der Waals surface area contributed by atoms with Crippen LogP contribution < -0.4 is 5.32 Å². The van der Waals surface area contributed by atoms with Crippen LogP contribution in [0, 0.1) is 0 Å². The van der Waals surface area contributed by atoms with Crippen molar-refractivity contribution < 1.29 is 18.0 Å². The van der Waals surface area contributed by atoms with Crippen LogP contribution in [0.25, 0.3) is 0 Å². The zero-order valence-electron chi connectivity index (χ0n) is 24.2. The highest BCUT2D eigenvalue weighted by Gasteiger charge is 2.31. The van der Waals surface area contributed by atoms with Gasteiger partial charge in [-0.1, -0.05) is 33.6 Å². The minimum absolute atomic E-state index is 0.0145. The van der Waals surface area contributed by atoms with Gasteiger partial charge in [0.2, 0.25) is 10.0 Å². The highest BCUT2D eigenvalue weighted by molar-refractivity contribution is 7.89. The zero-order chi connectivity index (χ0) is 28.7. The number of fused-ring (bicyclic) bond motifs is 1. The molecule has 1 fully saturated rings. The summed E-state index contributed by atoms with van der Waals surface area (Å²) in [6.45, 7) is 11.4. The monoisotopic (exact) mass is 588 g/mol. The number of anilines is 1. The van der Waals surface area contributed by atoms with Gasteiger partial charge in [0.1, 0.15) is 5.00 Å². The predicted octanol–water partition coefficient (Wildman–Crippen LogP) is 5.60. The van der Waals surface area contributed by atoms with Gasteiger partial charge in [-0.25, -0.2) is 8.42 Å². The summed E-state index contributed by atoms with van der Waals surface area (Å²) in [5.74, 6) is -0.353. The van der Waals surface area contributed by atoms with Crippen molar-refractivity contribution in [2.45, 2.75) is 83.6 Å². The molecule has 0 radical (unpaired) electrons. The number of benzene rings is 1. The van der Waals surface area contributed by atoms with Crippen molar-refractivity contribution in [3.8, 4) is 0 Å². The molecule has 2 aromatic rings. The molecular weight excluding hydrogens is 544 g/mol. The van der Waals surface area contributed by atoms with Gasteiger partial charge in [-0.15, -0.1) is 11.3 Å². The van der Waals surface area contributed by atoms with Crippen LogP contribution in [0.15, 0.2) is 29.2 Å². The van der Waals surface area contributed by atoms with Gasteiger partial charge in [-0.3, -0.25) is 14.5 Å². The second-order valence-electron chi connectivity index (χ2n) is 10.8. The summed E-state index contributed by atoms with van der Waals surface area (Å²) in [4.78, 5) is 32.9. The number of nitrogens with zero attached hydrogens (tertiary/aromatic N) is 3. The molecule has 2 aliphatic heterocycles. The van der Waals surface area contributed by atoms with Crippen LogP contribution in [0.3, 0.4) is 0 Å². The highest BCUT2D eigenvalue weighted by atomic mass is 32.2. The molecule has 8 nitrogen and oxygen atoms in total. The molecule has 220 valence electrons. The Morgan fingerprint density at radius 2 is 1.57 bits per heavy atom. The number of sulfonamides is 1. The molecule has 2 amide bonds. The smallest absolute Gasteiger partial charge is 0.257 e. The minimum Gasteiger partial charge on any atom is -0.339 e. The Kier molecular flexibility index (Phi) is 10.8. The number of hydrogen-bond acceptors (Lipinski definition) is 6. The number of hydrogen-bond donors (Lipinski definition) is 1. The van der Waals surface area contributed by atoms with Crippen molar-refractivity contribution >= 4 is 38.2 Å². The average molecular weight is 589 g/mol. The second-order valence-corrected chi connectivity index (χ2v) is 13.9. The molecule has 0 aliphatic carbocycles. The molecule has 1 saturated heterocycles. The molecule has 2 aliphatic rings. The van der Waals surface area contributed by atoms with Crippen LogP contribution in [0.5, 0.6) is 0 Å². The third-order valence-electron chi connectivity index (χ3n) is 7.71.